The van der Waals surface area contributed by atoms with Crippen molar-refractivity contribution in [2.75, 3.05) is 25.0 Å². The normalized spacial score (nSPS) is 28.4. The summed E-state index contributed by atoms with van der Waals surface area (Å²) in [6, 6.07) is 1.04. The molecule has 0 N–H and O–H groups in total. The molecule has 1 aliphatic heterocycles. The quantitative estimate of drug-likeness (QED) is 0.756. The van der Waals surface area contributed by atoms with E-state index < -0.39 is 0 Å². The van der Waals surface area contributed by atoms with Gasteiger partial charge in [-0.15, -0.1) is 0 Å². The van der Waals surface area contributed by atoms with Gasteiger partial charge in [0.1, 0.15) is 0 Å². The Morgan fingerprint density at radius 3 is 2.33 bits per heavy atom. The van der Waals surface area contributed by atoms with Gasteiger partial charge in [0, 0.05) is 25.2 Å². The molecular weight excluding hydrogens is 232 g/mol. The summed E-state index contributed by atoms with van der Waals surface area (Å²) >= 11 is 7.16. The zero-order chi connectivity index (χ0) is 11.0. The van der Waals surface area contributed by atoms with Crippen LogP contribution < -0.4 is 4.90 Å². The molecule has 1 aliphatic rings. The minimum absolute atomic E-state index is 0.520. The highest BCUT2D eigenvalue weighted by atomic mass is 35.5. The SMILES string of the molecule is CC1CN(c2nsnc2Cl)CC(C)N1C. The fourth-order valence-electron chi connectivity index (χ4n) is 1.94. The Kier molecular flexibility index (Phi) is 3.13. The standard InChI is InChI=1S/C9H15ClN4S/c1-6-4-14(5-7(2)13(6)3)9-8(10)11-15-12-9/h6-7H,4-5H2,1-3H3. The molecule has 0 bridgehead atoms. The Morgan fingerprint density at radius 1 is 1.27 bits per heavy atom. The summed E-state index contributed by atoms with van der Waals surface area (Å²) < 4.78 is 8.24. The molecule has 0 spiro atoms. The maximum atomic E-state index is 5.99. The Labute approximate surface area is 99.2 Å². The van der Waals surface area contributed by atoms with Crippen molar-refractivity contribution in [2.45, 2.75) is 25.9 Å². The van der Waals surface area contributed by atoms with Crippen LogP contribution in [0.3, 0.4) is 0 Å². The lowest BCUT2D eigenvalue weighted by Gasteiger charge is -2.42. The minimum atomic E-state index is 0.520. The van der Waals surface area contributed by atoms with E-state index in [1.165, 1.54) is 11.7 Å². The first-order valence-corrected chi connectivity index (χ1v) is 6.15. The van der Waals surface area contributed by atoms with Gasteiger partial charge in [0.2, 0.25) is 0 Å². The number of aromatic nitrogens is 2. The van der Waals surface area contributed by atoms with Gasteiger partial charge in [-0.05, 0) is 20.9 Å². The van der Waals surface area contributed by atoms with Gasteiger partial charge in [-0.2, -0.15) is 8.75 Å². The van der Waals surface area contributed by atoms with Gasteiger partial charge in [0.15, 0.2) is 11.0 Å². The van der Waals surface area contributed by atoms with Crippen LogP contribution in [0.1, 0.15) is 13.8 Å². The fourth-order valence-corrected chi connectivity index (χ4v) is 2.72. The van der Waals surface area contributed by atoms with Crippen LogP contribution in [-0.4, -0.2) is 45.9 Å². The van der Waals surface area contributed by atoms with Crippen molar-refractivity contribution < 1.29 is 0 Å². The van der Waals surface area contributed by atoms with E-state index in [9.17, 15) is 0 Å². The van der Waals surface area contributed by atoms with E-state index in [4.69, 9.17) is 11.6 Å². The molecular formula is C9H15ClN4S. The van der Waals surface area contributed by atoms with Crippen molar-refractivity contribution in [1.82, 2.24) is 13.6 Å². The Bertz CT molecular complexity index is 331. The first-order valence-electron chi connectivity index (χ1n) is 5.04. The van der Waals surface area contributed by atoms with Gasteiger partial charge in [-0.25, -0.2) is 0 Å². The van der Waals surface area contributed by atoms with Crippen molar-refractivity contribution in [3.63, 3.8) is 0 Å². The molecule has 0 saturated carbocycles. The molecule has 2 heterocycles. The highest BCUT2D eigenvalue weighted by molar-refractivity contribution is 6.99. The first-order chi connectivity index (χ1) is 7.09. The lowest BCUT2D eigenvalue weighted by molar-refractivity contribution is 0.169. The highest BCUT2D eigenvalue weighted by Crippen LogP contribution is 2.26. The van der Waals surface area contributed by atoms with E-state index in [-0.39, 0.29) is 0 Å². The third-order valence-electron chi connectivity index (χ3n) is 3.09. The summed E-state index contributed by atoms with van der Waals surface area (Å²) in [5.74, 6) is 0.841. The van der Waals surface area contributed by atoms with Crippen LogP contribution in [0.15, 0.2) is 0 Å². The number of anilines is 1. The van der Waals surface area contributed by atoms with E-state index in [2.05, 4.69) is 39.4 Å². The van der Waals surface area contributed by atoms with E-state index in [0.29, 0.717) is 17.2 Å². The van der Waals surface area contributed by atoms with Gasteiger partial charge >= 0.3 is 0 Å². The molecule has 84 valence electrons. The monoisotopic (exact) mass is 246 g/mol. The van der Waals surface area contributed by atoms with E-state index >= 15 is 0 Å². The van der Waals surface area contributed by atoms with Crippen molar-refractivity contribution in [3.8, 4) is 0 Å². The largest absolute Gasteiger partial charge is 0.350 e. The van der Waals surface area contributed by atoms with Crippen LogP contribution >= 0.6 is 23.3 Å². The molecule has 1 aromatic rings. The number of nitrogens with zero attached hydrogens (tertiary/aromatic N) is 4. The number of piperazine rings is 1. The summed E-state index contributed by atoms with van der Waals surface area (Å²) in [5, 5.41) is 0.531. The summed E-state index contributed by atoms with van der Waals surface area (Å²) in [6.45, 7) is 6.37. The number of hydrogen-bond donors (Lipinski definition) is 0. The molecule has 0 aromatic carbocycles. The fraction of sp³-hybridized carbons (Fsp3) is 0.778. The molecule has 1 fully saturated rings. The van der Waals surface area contributed by atoms with E-state index in [0.717, 1.165) is 18.9 Å². The number of rotatable bonds is 1. The van der Waals surface area contributed by atoms with Crippen LogP contribution in [-0.2, 0) is 0 Å². The predicted molar refractivity (Wildman–Crippen MR) is 63.8 cm³/mol. The molecule has 2 atom stereocenters. The molecule has 4 nitrogen and oxygen atoms in total. The van der Waals surface area contributed by atoms with Crippen LogP contribution in [0.5, 0.6) is 0 Å². The smallest absolute Gasteiger partial charge is 0.187 e. The molecule has 0 radical (unpaired) electrons. The molecule has 15 heavy (non-hydrogen) atoms. The highest BCUT2D eigenvalue weighted by Gasteiger charge is 2.28. The summed E-state index contributed by atoms with van der Waals surface area (Å²) in [6.07, 6.45) is 0. The predicted octanol–water partition coefficient (Wildman–Crippen LogP) is 1.72. The lowest BCUT2D eigenvalue weighted by atomic mass is 10.1. The zero-order valence-electron chi connectivity index (χ0n) is 9.14. The molecule has 6 heteroatoms. The molecule has 0 aliphatic carbocycles. The Balaban J connectivity index is 2.16. The van der Waals surface area contributed by atoms with Crippen LogP contribution in [0.25, 0.3) is 0 Å². The Hall–Kier alpha value is -0.390. The third kappa shape index (κ3) is 2.09. The van der Waals surface area contributed by atoms with Crippen molar-refractivity contribution in [2.24, 2.45) is 0 Å². The number of likely N-dealkylation sites (N-methyl/N-ethyl adjacent to an activating group) is 1. The molecule has 2 unspecified atom stereocenters. The second kappa shape index (κ2) is 4.23. The zero-order valence-corrected chi connectivity index (χ0v) is 10.7. The molecule has 1 saturated heterocycles. The van der Waals surface area contributed by atoms with Crippen molar-refractivity contribution in [1.29, 1.82) is 0 Å². The average Bonchev–Trinajstić information content (AvgIpc) is 2.60. The maximum Gasteiger partial charge on any atom is 0.187 e. The van der Waals surface area contributed by atoms with Gasteiger partial charge in [-0.1, -0.05) is 11.6 Å². The second-order valence-electron chi connectivity index (χ2n) is 4.15. The van der Waals surface area contributed by atoms with E-state index in [1.807, 2.05) is 0 Å². The Morgan fingerprint density at radius 2 is 1.87 bits per heavy atom. The molecule has 2 rings (SSSR count). The van der Waals surface area contributed by atoms with Gasteiger partial charge in [-0.3, -0.25) is 4.90 Å². The minimum Gasteiger partial charge on any atom is -0.350 e. The van der Waals surface area contributed by atoms with Gasteiger partial charge < -0.3 is 4.90 Å². The number of hydrogen-bond acceptors (Lipinski definition) is 5. The van der Waals surface area contributed by atoms with E-state index in [1.54, 1.807) is 0 Å². The number of halogens is 1. The van der Waals surface area contributed by atoms with Gasteiger partial charge in [0.25, 0.3) is 0 Å². The summed E-state index contributed by atoms with van der Waals surface area (Å²) in [7, 11) is 2.16. The first kappa shape index (κ1) is 11.1. The van der Waals surface area contributed by atoms with Gasteiger partial charge in [0.05, 0.1) is 11.7 Å². The van der Waals surface area contributed by atoms with Crippen LogP contribution in [0.4, 0.5) is 5.82 Å². The van der Waals surface area contributed by atoms with Crippen molar-refractivity contribution in [3.05, 3.63) is 5.15 Å². The summed E-state index contributed by atoms with van der Waals surface area (Å²) in [5.41, 5.74) is 0. The molecule has 1 aromatic heterocycles. The summed E-state index contributed by atoms with van der Waals surface area (Å²) in [4.78, 5) is 4.60. The second-order valence-corrected chi connectivity index (χ2v) is 5.03. The topological polar surface area (TPSA) is 32.3 Å². The van der Waals surface area contributed by atoms with Crippen LogP contribution in [0.2, 0.25) is 5.15 Å². The molecule has 0 amide bonds. The third-order valence-corrected chi connectivity index (χ3v) is 3.96. The van der Waals surface area contributed by atoms with Crippen LogP contribution in [0, 0.1) is 0 Å². The maximum absolute atomic E-state index is 5.99. The lowest BCUT2D eigenvalue weighted by Crippen LogP contribution is -2.55. The van der Waals surface area contributed by atoms with Crippen molar-refractivity contribution >= 4 is 29.1 Å². The average molecular weight is 247 g/mol.